The topological polar surface area (TPSA) is 97.5 Å². The van der Waals surface area contributed by atoms with Gasteiger partial charge in [-0.15, -0.1) is 0 Å². The van der Waals surface area contributed by atoms with Gasteiger partial charge in [-0.05, 0) is 36.8 Å². The normalized spacial score (nSPS) is 12.1. The molecular weight excluding hydrogens is 324 g/mol. The summed E-state index contributed by atoms with van der Waals surface area (Å²) in [5.74, 6) is 0. The molecule has 0 radical (unpaired) electrons. The summed E-state index contributed by atoms with van der Waals surface area (Å²) in [5.41, 5.74) is 1.32. The number of rotatable bonds is 4. The molecule has 0 aliphatic rings. The summed E-state index contributed by atoms with van der Waals surface area (Å²) in [6.07, 6.45) is 0. The van der Waals surface area contributed by atoms with Crippen molar-refractivity contribution in [1.29, 1.82) is 0 Å². The van der Waals surface area contributed by atoms with E-state index in [1.54, 1.807) is 18.2 Å². The summed E-state index contributed by atoms with van der Waals surface area (Å²) in [5, 5.41) is 5.11. The molecule has 0 unspecified atom stereocenters. The van der Waals surface area contributed by atoms with Crippen molar-refractivity contribution < 1.29 is 16.8 Å². The molecule has 2 N–H and O–H groups in total. The Kier molecular flexibility index (Phi) is 4.28. The largest absolute Gasteiger partial charge is 0.269 e. The number of anilines is 1. The molecule has 0 amide bonds. The van der Waals surface area contributed by atoms with Crippen molar-refractivity contribution in [2.75, 3.05) is 11.4 Å². The van der Waals surface area contributed by atoms with Crippen LogP contribution in [0.3, 0.4) is 0 Å². The summed E-state index contributed by atoms with van der Waals surface area (Å²) < 4.78 is 49.7. The summed E-state index contributed by atoms with van der Waals surface area (Å²) in [7, 11) is -6.83. The molecule has 0 atom stereocenters. The van der Waals surface area contributed by atoms with Gasteiger partial charge in [0.2, 0.25) is 10.0 Å². The van der Waals surface area contributed by atoms with Gasteiger partial charge in [-0.1, -0.05) is 24.3 Å². The van der Waals surface area contributed by atoms with Gasteiger partial charge in [0, 0.05) is 7.05 Å². The van der Waals surface area contributed by atoms with Gasteiger partial charge in [-0.3, -0.25) is 4.31 Å². The van der Waals surface area contributed by atoms with Crippen LogP contribution in [0.4, 0.5) is 5.69 Å². The van der Waals surface area contributed by atoms with Crippen molar-refractivity contribution in [3.05, 3.63) is 54.1 Å². The standard InChI is InChI=1S/C14H16N2O4S2/c1-11-6-5-7-12(10-11)16(2)22(19,20)14-9-4-3-8-13(14)21(15,17)18/h3-10H,1-2H3,(H2,15,17,18). The van der Waals surface area contributed by atoms with Crippen LogP contribution < -0.4 is 9.44 Å². The Hall–Kier alpha value is -1.90. The number of hydrogen-bond donors (Lipinski definition) is 1. The minimum atomic E-state index is -4.15. The quantitative estimate of drug-likeness (QED) is 0.911. The van der Waals surface area contributed by atoms with E-state index in [0.717, 1.165) is 9.87 Å². The van der Waals surface area contributed by atoms with E-state index >= 15 is 0 Å². The number of nitrogens with two attached hydrogens (primary N) is 1. The molecule has 2 rings (SSSR count). The molecule has 2 aromatic rings. The van der Waals surface area contributed by atoms with Gasteiger partial charge in [-0.2, -0.15) is 0 Å². The monoisotopic (exact) mass is 340 g/mol. The lowest BCUT2D eigenvalue weighted by Gasteiger charge is -2.21. The van der Waals surface area contributed by atoms with Crippen LogP contribution in [0.5, 0.6) is 0 Å². The highest BCUT2D eigenvalue weighted by molar-refractivity contribution is 7.94. The van der Waals surface area contributed by atoms with Crippen molar-refractivity contribution in [3.8, 4) is 0 Å². The second-order valence-electron chi connectivity index (χ2n) is 4.80. The number of aryl methyl sites for hydroxylation is 1. The molecule has 118 valence electrons. The maximum absolute atomic E-state index is 12.7. The second-order valence-corrected chi connectivity index (χ2v) is 8.27. The molecule has 2 aromatic carbocycles. The molecule has 8 heteroatoms. The lowest BCUT2D eigenvalue weighted by molar-refractivity contribution is 0.582. The van der Waals surface area contributed by atoms with Crippen molar-refractivity contribution >= 4 is 25.7 Å². The van der Waals surface area contributed by atoms with Crippen LogP contribution in [-0.2, 0) is 20.0 Å². The summed E-state index contributed by atoms with van der Waals surface area (Å²) >= 11 is 0. The minimum Gasteiger partial charge on any atom is -0.269 e. The number of sulfonamides is 2. The van der Waals surface area contributed by atoms with Crippen LogP contribution in [0.15, 0.2) is 58.3 Å². The summed E-state index contributed by atoms with van der Waals surface area (Å²) in [4.78, 5) is -0.768. The minimum absolute atomic E-state index is 0.346. The maximum Gasteiger partial charge on any atom is 0.265 e. The van der Waals surface area contributed by atoms with Crippen LogP contribution in [0.2, 0.25) is 0 Å². The SMILES string of the molecule is Cc1cccc(N(C)S(=O)(=O)c2ccccc2S(N)(=O)=O)c1. The van der Waals surface area contributed by atoms with E-state index in [0.29, 0.717) is 5.69 Å². The fourth-order valence-electron chi connectivity index (χ4n) is 2.01. The Bertz CT molecular complexity index is 906. The Labute approximate surface area is 130 Å². The highest BCUT2D eigenvalue weighted by Gasteiger charge is 2.28. The van der Waals surface area contributed by atoms with E-state index in [9.17, 15) is 16.8 Å². The average Bonchev–Trinajstić information content (AvgIpc) is 2.45. The van der Waals surface area contributed by atoms with E-state index in [1.165, 1.54) is 31.3 Å². The summed E-state index contributed by atoms with van der Waals surface area (Å²) in [6, 6.07) is 12.1. The van der Waals surface area contributed by atoms with Crippen LogP contribution >= 0.6 is 0 Å². The molecule has 22 heavy (non-hydrogen) atoms. The smallest absolute Gasteiger partial charge is 0.265 e. The van der Waals surface area contributed by atoms with Gasteiger partial charge in [0.05, 0.1) is 5.69 Å². The molecule has 0 aliphatic carbocycles. The number of primary sulfonamides is 1. The predicted octanol–water partition coefficient (Wildman–Crippen LogP) is 1.47. The predicted molar refractivity (Wildman–Crippen MR) is 84.6 cm³/mol. The van der Waals surface area contributed by atoms with E-state index in [1.807, 2.05) is 13.0 Å². The van der Waals surface area contributed by atoms with E-state index in [4.69, 9.17) is 5.14 Å². The molecular formula is C14H16N2O4S2. The van der Waals surface area contributed by atoms with Gasteiger partial charge in [0.25, 0.3) is 10.0 Å². The molecule has 0 aromatic heterocycles. The van der Waals surface area contributed by atoms with Crippen molar-refractivity contribution in [2.24, 2.45) is 5.14 Å². The van der Waals surface area contributed by atoms with Crippen LogP contribution in [0.25, 0.3) is 0 Å². The number of hydrogen-bond acceptors (Lipinski definition) is 4. The van der Waals surface area contributed by atoms with E-state index < -0.39 is 24.9 Å². The first kappa shape index (κ1) is 16.5. The van der Waals surface area contributed by atoms with Crippen LogP contribution in [-0.4, -0.2) is 23.9 Å². The lowest BCUT2D eigenvalue weighted by atomic mass is 10.2. The second kappa shape index (κ2) is 5.71. The molecule has 0 bridgehead atoms. The van der Waals surface area contributed by atoms with Crippen LogP contribution in [0, 0.1) is 6.92 Å². The highest BCUT2D eigenvalue weighted by Crippen LogP contribution is 2.26. The summed E-state index contributed by atoms with van der Waals surface area (Å²) in [6.45, 7) is 1.84. The molecule has 0 aliphatic heterocycles. The molecule has 0 fully saturated rings. The number of nitrogens with zero attached hydrogens (tertiary/aromatic N) is 1. The zero-order chi connectivity index (χ0) is 16.5. The van der Waals surface area contributed by atoms with Gasteiger partial charge in [0.15, 0.2) is 0 Å². The van der Waals surface area contributed by atoms with E-state index in [-0.39, 0.29) is 4.90 Å². The molecule has 0 saturated heterocycles. The highest BCUT2D eigenvalue weighted by atomic mass is 32.2. The van der Waals surface area contributed by atoms with Gasteiger partial charge < -0.3 is 0 Å². The van der Waals surface area contributed by atoms with Crippen molar-refractivity contribution in [1.82, 2.24) is 0 Å². The first-order valence-corrected chi connectivity index (χ1v) is 9.30. The zero-order valence-corrected chi connectivity index (χ0v) is 13.7. The van der Waals surface area contributed by atoms with Crippen molar-refractivity contribution in [3.63, 3.8) is 0 Å². The lowest BCUT2D eigenvalue weighted by Crippen LogP contribution is -2.29. The Balaban J connectivity index is 2.62. The van der Waals surface area contributed by atoms with Gasteiger partial charge in [-0.25, -0.2) is 22.0 Å². The first-order valence-electron chi connectivity index (χ1n) is 6.31. The molecule has 0 saturated carbocycles. The third-order valence-electron chi connectivity index (χ3n) is 3.16. The molecule has 0 heterocycles. The van der Waals surface area contributed by atoms with Crippen LogP contribution in [0.1, 0.15) is 5.56 Å². The molecule has 0 spiro atoms. The maximum atomic E-state index is 12.7. The fourth-order valence-corrected chi connectivity index (χ4v) is 4.55. The Morgan fingerprint density at radius 1 is 0.909 bits per heavy atom. The van der Waals surface area contributed by atoms with Gasteiger partial charge >= 0.3 is 0 Å². The Morgan fingerprint density at radius 2 is 1.50 bits per heavy atom. The number of benzene rings is 2. The van der Waals surface area contributed by atoms with Crippen molar-refractivity contribution in [2.45, 2.75) is 16.7 Å². The zero-order valence-electron chi connectivity index (χ0n) is 12.1. The third-order valence-corrected chi connectivity index (χ3v) is 6.10. The average molecular weight is 340 g/mol. The molecule has 6 nitrogen and oxygen atoms in total. The first-order chi connectivity index (χ1) is 10.1. The third kappa shape index (κ3) is 3.13. The van der Waals surface area contributed by atoms with Gasteiger partial charge in [0.1, 0.15) is 9.79 Å². The fraction of sp³-hybridized carbons (Fsp3) is 0.143. The Morgan fingerprint density at radius 3 is 2.05 bits per heavy atom. The van der Waals surface area contributed by atoms with E-state index in [2.05, 4.69) is 0 Å².